The molecular weight excluding hydrogens is 248 g/mol. The van der Waals surface area contributed by atoms with Gasteiger partial charge in [0.25, 0.3) is 0 Å². The van der Waals surface area contributed by atoms with Crippen molar-refractivity contribution in [2.24, 2.45) is 10.7 Å². The Morgan fingerprint density at radius 3 is 3.11 bits per heavy atom. The van der Waals surface area contributed by atoms with Gasteiger partial charge in [-0.1, -0.05) is 12.8 Å². The van der Waals surface area contributed by atoms with Gasteiger partial charge in [-0.15, -0.1) is 11.3 Å². The van der Waals surface area contributed by atoms with Gasteiger partial charge in [0.2, 0.25) is 0 Å². The summed E-state index contributed by atoms with van der Waals surface area (Å²) >= 11 is 1.59. The lowest BCUT2D eigenvalue weighted by Crippen LogP contribution is -2.38. The molecule has 0 atom stereocenters. The number of nitrogens with zero attached hydrogens (tertiary/aromatic N) is 2. The van der Waals surface area contributed by atoms with E-state index in [9.17, 15) is 0 Å². The lowest BCUT2D eigenvalue weighted by molar-refractivity contribution is 0.184. The molecule has 0 saturated heterocycles. The molecule has 18 heavy (non-hydrogen) atoms. The molecule has 1 aliphatic carbocycles. The summed E-state index contributed by atoms with van der Waals surface area (Å²) < 4.78 is 5.03. The van der Waals surface area contributed by atoms with Crippen molar-refractivity contribution in [2.75, 3.05) is 7.11 Å². The molecule has 1 fully saturated rings. The molecule has 0 radical (unpaired) electrons. The zero-order valence-electron chi connectivity index (χ0n) is 10.7. The lowest BCUT2D eigenvalue weighted by Gasteiger charge is -2.11. The first-order valence-electron chi connectivity index (χ1n) is 6.26. The highest BCUT2D eigenvalue weighted by Crippen LogP contribution is 2.17. The summed E-state index contributed by atoms with van der Waals surface area (Å²) in [5.74, 6) is 0.531. The minimum absolute atomic E-state index is 0.508. The minimum atomic E-state index is 0.508. The highest BCUT2D eigenvalue weighted by Gasteiger charge is 2.14. The van der Waals surface area contributed by atoms with Crippen LogP contribution in [0.1, 0.15) is 36.4 Å². The van der Waals surface area contributed by atoms with Crippen LogP contribution in [-0.4, -0.2) is 24.1 Å². The molecule has 0 amide bonds. The molecule has 100 valence electrons. The van der Waals surface area contributed by atoms with E-state index >= 15 is 0 Å². The van der Waals surface area contributed by atoms with Crippen LogP contribution in [0.3, 0.4) is 0 Å². The number of guanidine groups is 1. The summed E-state index contributed by atoms with van der Waals surface area (Å²) in [5.41, 5.74) is 6.80. The minimum Gasteiger partial charge on any atom is -0.378 e. The van der Waals surface area contributed by atoms with E-state index in [2.05, 4.69) is 15.3 Å². The Labute approximate surface area is 111 Å². The van der Waals surface area contributed by atoms with Crippen molar-refractivity contribution < 1.29 is 4.74 Å². The van der Waals surface area contributed by atoms with E-state index in [0.717, 1.165) is 10.7 Å². The number of rotatable bonds is 5. The van der Waals surface area contributed by atoms with Crippen LogP contribution in [-0.2, 0) is 17.9 Å². The summed E-state index contributed by atoms with van der Waals surface area (Å²) in [6.45, 7) is 1.09. The van der Waals surface area contributed by atoms with Crippen molar-refractivity contribution in [3.05, 3.63) is 16.1 Å². The van der Waals surface area contributed by atoms with Crippen molar-refractivity contribution in [1.82, 2.24) is 10.3 Å². The molecule has 1 aromatic rings. The number of ether oxygens (including phenoxy) is 1. The molecule has 0 bridgehead atoms. The molecule has 1 aliphatic rings. The Kier molecular flexibility index (Phi) is 4.95. The van der Waals surface area contributed by atoms with Crippen LogP contribution in [0.15, 0.2) is 10.4 Å². The summed E-state index contributed by atoms with van der Waals surface area (Å²) in [4.78, 5) is 8.72. The maximum absolute atomic E-state index is 5.86. The van der Waals surface area contributed by atoms with Gasteiger partial charge in [-0.25, -0.2) is 9.98 Å². The lowest BCUT2D eigenvalue weighted by atomic mass is 10.2. The molecule has 1 heterocycles. The van der Waals surface area contributed by atoms with Crippen molar-refractivity contribution in [3.63, 3.8) is 0 Å². The van der Waals surface area contributed by atoms with Crippen molar-refractivity contribution >= 4 is 17.3 Å². The second kappa shape index (κ2) is 6.70. The Morgan fingerprint density at radius 1 is 1.61 bits per heavy atom. The first-order valence-corrected chi connectivity index (χ1v) is 7.14. The van der Waals surface area contributed by atoms with Crippen LogP contribution in [0.4, 0.5) is 0 Å². The van der Waals surface area contributed by atoms with Crippen LogP contribution in [0.5, 0.6) is 0 Å². The van der Waals surface area contributed by atoms with E-state index < -0.39 is 0 Å². The van der Waals surface area contributed by atoms with Crippen molar-refractivity contribution in [3.8, 4) is 0 Å². The number of hydrogen-bond acceptors (Lipinski definition) is 4. The maximum atomic E-state index is 5.86. The number of nitrogens with one attached hydrogen (secondary N) is 1. The fourth-order valence-corrected chi connectivity index (χ4v) is 2.86. The molecule has 0 unspecified atom stereocenters. The predicted octanol–water partition coefficient (Wildman–Crippen LogP) is 1.64. The van der Waals surface area contributed by atoms with Crippen molar-refractivity contribution in [1.29, 1.82) is 0 Å². The smallest absolute Gasteiger partial charge is 0.189 e. The predicted molar refractivity (Wildman–Crippen MR) is 73.5 cm³/mol. The zero-order chi connectivity index (χ0) is 12.8. The molecule has 3 N–H and O–H groups in total. The van der Waals surface area contributed by atoms with E-state index in [-0.39, 0.29) is 0 Å². The molecule has 0 aromatic carbocycles. The SMILES string of the molecule is COCc1nc(CN=C(N)NC2CCCC2)cs1. The number of thiazole rings is 1. The first-order chi connectivity index (χ1) is 8.78. The monoisotopic (exact) mass is 268 g/mol. The molecule has 0 aliphatic heterocycles. The Balaban J connectivity index is 1.80. The van der Waals surface area contributed by atoms with Gasteiger partial charge in [0.15, 0.2) is 5.96 Å². The van der Waals surface area contributed by atoms with Crippen LogP contribution in [0.25, 0.3) is 0 Å². The van der Waals surface area contributed by atoms with Gasteiger partial charge in [0.1, 0.15) is 5.01 Å². The number of aliphatic imine (C=N–C) groups is 1. The number of aromatic nitrogens is 1. The van der Waals surface area contributed by atoms with Gasteiger partial charge >= 0.3 is 0 Å². The second-order valence-corrected chi connectivity index (χ2v) is 5.44. The van der Waals surface area contributed by atoms with Crippen LogP contribution < -0.4 is 11.1 Å². The molecule has 2 rings (SSSR count). The van der Waals surface area contributed by atoms with E-state index in [0.29, 0.717) is 25.2 Å². The molecule has 1 saturated carbocycles. The normalized spacial score (nSPS) is 17.3. The molecule has 1 aromatic heterocycles. The summed E-state index contributed by atoms with van der Waals surface area (Å²) in [6.07, 6.45) is 4.98. The number of hydrogen-bond donors (Lipinski definition) is 2. The van der Waals surface area contributed by atoms with Gasteiger partial charge in [0.05, 0.1) is 18.8 Å². The van der Waals surface area contributed by atoms with Gasteiger partial charge in [0, 0.05) is 18.5 Å². The maximum Gasteiger partial charge on any atom is 0.189 e. The highest BCUT2D eigenvalue weighted by molar-refractivity contribution is 7.09. The Hall–Kier alpha value is -1.14. The molecule has 0 spiro atoms. The van der Waals surface area contributed by atoms with Crippen LogP contribution >= 0.6 is 11.3 Å². The fraction of sp³-hybridized carbons (Fsp3) is 0.667. The topological polar surface area (TPSA) is 72.5 Å². The fourth-order valence-electron chi connectivity index (χ4n) is 2.10. The summed E-state index contributed by atoms with van der Waals surface area (Å²) in [7, 11) is 1.67. The van der Waals surface area contributed by atoms with E-state index in [1.165, 1.54) is 25.7 Å². The third-order valence-corrected chi connectivity index (χ3v) is 3.86. The van der Waals surface area contributed by atoms with Gasteiger partial charge in [-0.05, 0) is 12.8 Å². The molecule has 6 heteroatoms. The molecule has 5 nitrogen and oxygen atoms in total. The number of methoxy groups -OCH3 is 1. The van der Waals surface area contributed by atoms with Crippen molar-refractivity contribution in [2.45, 2.75) is 44.9 Å². The third-order valence-electron chi connectivity index (χ3n) is 2.99. The average Bonchev–Trinajstić information content (AvgIpc) is 2.99. The largest absolute Gasteiger partial charge is 0.378 e. The Morgan fingerprint density at radius 2 is 2.39 bits per heavy atom. The van der Waals surface area contributed by atoms with Crippen LogP contribution in [0.2, 0.25) is 0 Å². The average molecular weight is 268 g/mol. The van der Waals surface area contributed by atoms with E-state index in [4.69, 9.17) is 10.5 Å². The second-order valence-electron chi connectivity index (χ2n) is 4.49. The summed E-state index contributed by atoms with van der Waals surface area (Å²) in [5, 5.41) is 6.24. The number of nitrogens with two attached hydrogens (primary N) is 1. The third kappa shape index (κ3) is 3.96. The van der Waals surface area contributed by atoms with Gasteiger partial charge in [-0.3, -0.25) is 0 Å². The zero-order valence-corrected chi connectivity index (χ0v) is 11.5. The summed E-state index contributed by atoms with van der Waals surface area (Å²) in [6, 6.07) is 0.508. The quantitative estimate of drug-likeness (QED) is 0.629. The Bertz CT molecular complexity index is 399. The van der Waals surface area contributed by atoms with Gasteiger partial charge in [-0.2, -0.15) is 0 Å². The van der Waals surface area contributed by atoms with E-state index in [1.54, 1.807) is 18.4 Å². The molecular formula is C12H20N4OS. The van der Waals surface area contributed by atoms with Crippen LogP contribution in [0, 0.1) is 0 Å². The van der Waals surface area contributed by atoms with Gasteiger partial charge < -0.3 is 15.8 Å². The van der Waals surface area contributed by atoms with E-state index in [1.807, 2.05) is 5.38 Å². The standard InChI is InChI=1S/C12H20N4OS/c1-17-7-11-15-10(8-18-11)6-14-12(13)16-9-4-2-3-5-9/h8-9H,2-7H2,1H3,(H3,13,14,16). The first kappa shape index (κ1) is 13.3. The highest BCUT2D eigenvalue weighted by atomic mass is 32.1.